The molecule has 2 amide bonds. The number of carbonyl (C=O) groups is 2. The number of rotatable bonds is 13. The molecular weight excluding hydrogens is 442 g/mol. The predicted octanol–water partition coefficient (Wildman–Crippen LogP) is 3.83. The van der Waals surface area contributed by atoms with Crippen molar-refractivity contribution in [2.45, 2.75) is 33.0 Å². The molecule has 0 saturated carbocycles. The lowest BCUT2D eigenvalue weighted by molar-refractivity contribution is -0.143. The molecule has 0 N–H and O–H groups in total. The van der Waals surface area contributed by atoms with Gasteiger partial charge in [-0.1, -0.05) is 48.5 Å². The SMILES string of the molecule is COCCN(CC(=O)N(Cc1cccn1Cc1ccccc1)C(C)C)C(=O)COc1ccccc1. The van der Waals surface area contributed by atoms with E-state index in [1.165, 1.54) is 10.5 Å². The average Bonchev–Trinajstić information content (AvgIpc) is 3.31. The third-order valence-corrected chi connectivity index (χ3v) is 5.74. The van der Waals surface area contributed by atoms with Crippen molar-refractivity contribution in [1.82, 2.24) is 14.4 Å². The first kappa shape index (κ1) is 26.0. The summed E-state index contributed by atoms with van der Waals surface area (Å²) in [5.74, 6) is 0.244. The van der Waals surface area contributed by atoms with E-state index >= 15 is 0 Å². The minimum atomic E-state index is -0.254. The maximum Gasteiger partial charge on any atom is 0.261 e. The molecule has 0 aliphatic heterocycles. The maximum atomic E-state index is 13.4. The number of para-hydroxylation sites is 1. The summed E-state index contributed by atoms with van der Waals surface area (Å²) in [6, 6.07) is 23.4. The molecule has 0 spiro atoms. The van der Waals surface area contributed by atoms with Crippen LogP contribution in [0, 0.1) is 0 Å². The van der Waals surface area contributed by atoms with E-state index in [4.69, 9.17) is 9.47 Å². The lowest BCUT2D eigenvalue weighted by Crippen LogP contribution is -2.47. The van der Waals surface area contributed by atoms with Crippen LogP contribution in [0.5, 0.6) is 5.75 Å². The molecule has 0 saturated heterocycles. The van der Waals surface area contributed by atoms with Gasteiger partial charge in [-0.2, -0.15) is 0 Å². The van der Waals surface area contributed by atoms with E-state index in [-0.39, 0.29) is 31.0 Å². The quantitative estimate of drug-likeness (QED) is 0.375. The van der Waals surface area contributed by atoms with Crippen molar-refractivity contribution in [3.8, 4) is 5.75 Å². The van der Waals surface area contributed by atoms with Crippen LogP contribution < -0.4 is 4.74 Å². The summed E-state index contributed by atoms with van der Waals surface area (Å²) in [6.07, 6.45) is 2.03. The van der Waals surface area contributed by atoms with Crippen LogP contribution in [0.3, 0.4) is 0 Å². The zero-order valence-corrected chi connectivity index (χ0v) is 20.8. The van der Waals surface area contributed by atoms with E-state index < -0.39 is 0 Å². The third kappa shape index (κ3) is 8.00. The molecule has 0 bridgehead atoms. The van der Waals surface area contributed by atoms with Crippen molar-refractivity contribution in [2.24, 2.45) is 0 Å². The van der Waals surface area contributed by atoms with E-state index in [1.54, 1.807) is 19.2 Å². The molecule has 3 aromatic rings. The van der Waals surface area contributed by atoms with Gasteiger partial charge in [0.25, 0.3) is 5.91 Å². The fourth-order valence-corrected chi connectivity index (χ4v) is 3.76. The van der Waals surface area contributed by atoms with Crippen molar-refractivity contribution in [1.29, 1.82) is 0 Å². The number of carbonyl (C=O) groups excluding carboxylic acids is 2. The number of aromatic nitrogens is 1. The average molecular weight is 478 g/mol. The molecule has 1 aromatic heterocycles. The lowest BCUT2D eigenvalue weighted by atomic mass is 10.2. The number of benzene rings is 2. The van der Waals surface area contributed by atoms with Gasteiger partial charge in [0.1, 0.15) is 5.75 Å². The van der Waals surface area contributed by atoms with Gasteiger partial charge in [0.2, 0.25) is 5.91 Å². The van der Waals surface area contributed by atoms with Crippen molar-refractivity contribution in [3.63, 3.8) is 0 Å². The molecule has 2 aromatic carbocycles. The molecule has 0 atom stereocenters. The van der Waals surface area contributed by atoms with Gasteiger partial charge < -0.3 is 23.8 Å². The van der Waals surface area contributed by atoms with Gasteiger partial charge in [-0.15, -0.1) is 0 Å². The largest absolute Gasteiger partial charge is 0.484 e. The molecule has 7 nitrogen and oxygen atoms in total. The minimum absolute atomic E-state index is 0.0254. The monoisotopic (exact) mass is 477 g/mol. The van der Waals surface area contributed by atoms with Gasteiger partial charge in [0, 0.05) is 38.1 Å². The molecule has 7 heteroatoms. The third-order valence-electron chi connectivity index (χ3n) is 5.74. The number of amides is 2. The molecule has 1 heterocycles. The standard InChI is InChI=1S/C28H35N3O4/c1-23(2)31(20-25-13-10-16-29(25)19-24-11-6-4-7-12-24)27(32)21-30(17-18-34-3)28(33)22-35-26-14-8-5-9-15-26/h4-16,23H,17-22H2,1-3H3. The Labute approximate surface area is 207 Å². The first-order valence-electron chi connectivity index (χ1n) is 11.9. The Morgan fingerprint density at radius 3 is 2.26 bits per heavy atom. The van der Waals surface area contributed by atoms with Crippen molar-refractivity contribution < 1.29 is 19.1 Å². The Hall–Kier alpha value is -3.58. The van der Waals surface area contributed by atoms with Crippen LogP contribution in [0.25, 0.3) is 0 Å². The molecule has 0 unspecified atom stereocenters. The van der Waals surface area contributed by atoms with Gasteiger partial charge in [0.15, 0.2) is 6.61 Å². The zero-order valence-electron chi connectivity index (χ0n) is 20.8. The van der Waals surface area contributed by atoms with Crippen LogP contribution in [0.1, 0.15) is 25.1 Å². The summed E-state index contributed by atoms with van der Waals surface area (Å²) in [7, 11) is 1.58. The van der Waals surface area contributed by atoms with Crippen LogP contribution in [0.15, 0.2) is 79.0 Å². The minimum Gasteiger partial charge on any atom is -0.484 e. The first-order chi connectivity index (χ1) is 17.0. The van der Waals surface area contributed by atoms with E-state index in [2.05, 4.69) is 16.7 Å². The number of methoxy groups -OCH3 is 1. The zero-order chi connectivity index (χ0) is 25.0. The summed E-state index contributed by atoms with van der Waals surface area (Å²) in [4.78, 5) is 29.6. The Morgan fingerprint density at radius 2 is 1.60 bits per heavy atom. The Morgan fingerprint density at radius 1 is 0.914 bits per heavy atom. The van der Waals surface area contributed by atoms with Crippen molar-refractivity contribution in [3.05, 3.63) is 90.3 Å². The molecule has 0 radical (unpaired) electrons. The Bertz CT molecular complexity index is 1050. The molecule has 35 heavy (non-hydrogen) atoms. The van der Waals surface area contributed by atoms with Gasteiger partial charge in [0.05, 0.1) is 19.7 Å². The van der Waals surface area contributed by atoms with E-state index in [1.807, 2.05) is 73.5 Å². The van der Waals surface area contributed by atoms with Crippen LogP contribution in [-0.4, -0.2) is 65.6 Å². The molecule has 0 aliphatic carbocycles. The van der Waals surface area contributed by atoms with E-state index in [0.29, 0.717) is 25.4 Å². The van der Waals surface area contributed by atoms with E-state index in [0.717, 1.165) is 12.2 Å². The van der Waals surface area contributed by atoms with Gasteiger partial charge >= 0.3 is 0 Å². The summed E-state index contributed by atoms with van der Waals surface area (Å²) in [6.45, 7) is 5.66. The first-order valence-corrected chi connectivity index (χ1v) is 11.9. The molecule has 0 aliphatic rings. The lowest BCUT2D eigenvalue weighted by Gasteiger charge is -2.30. The van der Waals surface area contributed by atoms with E-state index in [9.17, 15) is 9.59 Å². The smallest absolute Gasteiger partial charge is 0.261 e. The summed E-state index contributed by atoms with van der Waals surface area (Å²) in [5.41, 5.74) is 2.24. The maximum absolute atomic E-state index is 13.4. The fourth-order valence-electron chi connectivity index (χ4n) is 3.76. The van der Waals surface area contributed by atoms with Crippen LogP contribution >= 0.6 is 0 Å². The van der Waals surface area contributed by atoms with Crippen LogP contribution in [-0.2, 0) is 27.4 Å². The molecule has 0 fully saturated rings. The second-order valence-corrected chi connectivity index (χ2v) is 8.64. The van der Waals surface area contributed by atoms with Gasteiger partial charge in [-0.3, -0.25) is 9.59 Å². The number of hydrogen-bond donors (Lipinski definition) is 0. The highest BCUT2D eigenvalue weighted by molar-refractivity contribution is 5.85. The summed E-state index contributed by atoms with van der Waals surface area (Å²) < 4.78 is 12.9. The number of ether oxygens (including phenoxy) is 2. The van der Waals surface area contributed by atoms with Gasteiger partial charge in [-0.25, -0.2) is 0 Å². The van der Waals surface area contributed by atoms with Crippen molar-refractivity contribution >= 4 is 11.8 Å². The number of nitrogens with zero attached hydrogens (tertiary/aromatic N) is 3. The Kier molecular flexibility index (Phi) is 9.93. The predicted molar refractivity (Wildman–Crippen MR) is 136 cm³/mol. The number of hydrogen-bond acceptors (Lipinski definition) is 4. The van der Waals surface area contributed by atoms with Crippen molar-refractivity contribution in [2.75, 3.05) is 33.4 Å². The highest BCUT2D eigenvalue weighted by Gasteiger charge is 2.24. The summed E-state index contributed by atoms with van der Waals surface area (Å²) in [5, 5.41) is 0. The molecule has 186 valence electrons. The van der Waals surface area contributed by atoms with Gasteiger partial charge in [-0.05, 0) is 43.7 Å². The Balaban J connectivity index is 1.66. The summed E-state index contributed by atoms with van der Waals surface area (Å²) >= 11 is 0. The second kappa shape index (κ2) is 13.3. The van der Waals surface area contributed by atoms with Crippen LogP contribution in [0.2, 0.25) is 0 Å². The highest BCUT2D eigenvalue weighted by atomic mass is 16.5. The van der Waals surface area contributed by atoms with Crippen LogP contribution in [0.4, 0.5) is 0 Å². The normalized spacial score (nSPS) is 10.9. The topological polar surface area (TPSA) is 64.0 Å². The second-order valence-electron chi connectivity index (χ2n) is 8.64. The fraction of sp³-hybridized carbons (Fsp3) is 0.357. The molecular formula is C28H35N3O4. The molecule has 3 rings (SSSR count). The highest BCUT2D eigenvalue weighted by Crippen LogP contribution is 2.14.